The van der Waals surface area contributed by atoms with Gasteiger partial charge in [-0.15, -0.1) is 0 Å². The Morgan fingerprint density at radius 2 is 2.20 bits per heavy atom. The summed E-state index contributed by atoms with van der Waals surface area (Å²) in [6, 6.07) is 2.56. The lowest BCUT2D eigenvalue weighted by molar-refractivity contribution is 0.481. The molecule has 0 aliphatic heterocycles. The molecule has 0 aliphatic carbocycles. The standard InChI is InChI=1S/C12H21N3/c1-4-6-11(13-5-2)9-12-7-8-14-10(3)15-12/h7-8,11,13H,4-6,9H2,1-3H3. The van der Waals surface area contributed by atoms with Gasteiger partial charge >= 0.3 is 0 Å². The minimum atomic E-state index is 0.550. The Morgan fingerprint density at radius 1 is 1.40 bits per heavy atom. The number of hydrogen-bond donors (Lipinski definition) is 1. The number of rotatable bonds is 6. The molecule has 3 heteroatoms. The van der Waals surface area contributed by atoms with Crippen molar-refractivity contribution in [2.24, 2.45) is 0 Å². The zero-order valence-electron chi connectivity index (χ0n) is 9.95. The average Bonchev–Trinajstić information content (AvgIpc) is 2.18. The summed E-state index contributed by atoms with van der Waals surface area (Å²) in [5, 5.41) is 3.49. The molecule has 0 saturated carbocycles. The summed E-state index contributed by atoms with van der Waals surface area (Å²) in [6.07, 6.45) is 5.26. The van der Waals surface area contributed by atoms with Crippen LogP contribution in [-0.4, -0.2) is 22.6 Å². The predicted molar refractivity (Wildman–Crippen MR) is 62.8 cm³/mol. The Bertz CT molecular complexity index is 280. The first-order valence-corrected chi connectivity index (χ1v) is 5.78. The van der Waals surface area contributed by atoms with Crippen LogP contribution in [0, 0.1) is 6.92 Å². The van der Waals surface area contributed by atoms with Gasteiger partial charge in [-0.3, -0.25) is 0 Å². The van der Waals surface area contributed by atoms with Crippen LogP contribution in [0.4, 0.5) is 0 Å². The molecule has 1 N–H and O–H groups in total. The summed E-state index contributed by atoms with van der Waals surface area (Å²) in [6.45, 7) is 7.32. The van der Waals surface area contributed by atoms with Gasteiger partial charge in [0.25, 0.3) is 0 Å². The molecular weight excluding hydrogens is 186 g/mol. The Morgan fingerprint density at radius 3 is 2.80 bits per heavy atom. The van der Waals surface area contributed by atoms with Crippen LogP contribution in [0.25, 0.3) is 0 Å². The molecule has 0 bridgehead atoms. The number of aromatic nitrogens is 2. The van der Waals surface area contributed by atoms with Crippen molar-refractivity contribution in [1.29, 1.82) is 0 Å². The summed E-state index contributed by atoms with van der Waals surface area (Å²) in [5.41, 5.74) is 1.14. The van der Waals surface area contributed by atoms with E-state index in [2.05, 4.69) is 29.1 Å². The van der Waals surface area contributed by atoms with Gasteiger partial charge in [-0.1, -0.05) is 20.3 Å². The number of nitrogens with one attached hydrogen (secondary N) is 1. The van der Waals surface area contributed by atoms with Gasteiger partial charge in [-0.25, -0.2) is 9.97 Å². The fraction of sp³-hybridized carbons (Fsp3) is 0.667. The van der Waals surface area contributed by atoms with E-state index >= 15 is 0 Å². The summed E-state index contributed by atoms with van der Waals surface area (Å²) in [7, 11) is 0. The number of aryl methyl sites for hydroxylation is 1. The van der Waals surface area contributed by atoms with Crippen molar-refractivity contribution in [2.75, 3.05) is 6.54 Å². The van der Waals surface area contributed by atoms with Crippen LogP contribution in [0.2, 0.25) is 0 Å². The molecule has 0 fully saturated rings. The van der Waals surface area contributed by atoms with Gasteiger partial charge in [-0.2, -0.15) is 0 Å². The van der Waals surface area contributed by atoms with Crippen LogP contribution in [0.1, 0.15) is 38.2 Å². The van der Waals surface area contributed by atoms with Crippen molar-refractivity contribution in [3.8, 4) is 0 Å². The normalized spacial score (nSPS) is 12.7. The molecule has 0 radical (unpaired) electrons. The summed E-state index contributed by atoms with van der Waals surface area (Å²) in [5.74, 6) is 0.860. The molecular formula is C12H21N3. The van der Waals surface area contributed by atoms with Crippen LogP contribution < -0.4 is 5.32 Å². The highest BCUT2D eigenvalue weighted by molar-refractivity contribution is 5.03. The Kier molecular flexibility index (Phi) is 5.26. The maximum absolute atomic E-state index is 4.43. The van der Waals surface area contributed by atoms with Crippen molar-refractivity contribution in [3.05, 3.63) is 23.8 Å². The average molecular weight is 207 g/mol. The minimum Gasteiger partial charge on any atom is -0.314 e. The molecule has 0 aromatic carbocycles. The second-order valence-corrected chi connectivity index (χ2v) is 3.84. The fourth-order valence-corrected chi connectivity index (χ4v) is 1.78. The Labute approximate surface area is 92.3 Å². The van der Waals surface area contributed by atoms with Crippen LogP contribution in [-0.2, 0) is 6.42 Å². The third kappa shape index (κ3) is 4.38. The first kappa shape index (κ1) is 12.1. The number of nitrogens with zero attached hydrogens (tertiary/aromatic N) is 2. The highest BCUT2D eigenvalue weighted by Gasteiger charge is 2.07. The lowest BCUT2D eigenvalue weighted by Crippen LogP contribution is -2.31. The van der Waals surface area contributed by atoms with E-state index in [0.717, 1.165) is 24.5 Å². The molecule has 15 heavy (non-hydrogen) atoms. The lowest BCUT2D eigenvalue weighted by Gasteiger charge is -2.16. The van der Waals surface area contributed by atoms with E-state index in [9.17, 15) is 0 Å². The zero-order valence-corrected chi connectivity index (χ0v) is 9.95. The SMILES string of the molecule is CCCC(Cc1ccnc(C)n1)NCC. The van der Waals surface area contributed by atoms with E-state index in [4.69, 9.17) is 0 Å². The van der Waals surface area contributed by atoms with Crippen LogP contribution in [0.5, 0.6) is 0 Å². The van der Waals surface area contributed by atoms with Gasteiger partial charge in [0.05, 0.1) is 0 Å². The number of likely N-dealkylation sites (N-methyl/N-ethyl adjacent to an activating group) is 1. The molecule has 1 atom stereocenters. The molecule has 0 saturated heterocycles. The van der Waals surface area contributed by atoms with Gasteiger partial charge in [-0.05, 0) is 26.0 Å². The second-order valence-electron chi connectivity index (χ2n) is 3.84. The van der Waals surface area contributed by atoms with E-state index in [1.807, 2.05) is 19.2 Å². The summed E-state index contributed by atoms with van der Waals surface area (Å²) < 4.78 is 0. The first-order chi connectivity index (χ1) is 7.26. The van der Waals surface area contributed by atoms with E-state index in [1.165, 1.54) is 12.8 Å². The molecule has 84 valence electrons. The summed E-state index contributed by atoms with van der Waals surface area (Å²) in [4.78, 5) is 8.53. The molecule has 0 aliphatic rings. The maximum Gasteiger partial charge on any atom is 0.125 e. The first-order valence-electron chi connectivity index (χ1n) is 5.78. The highest BCUT2D eigenvalue weighted by atomic mass is 14.9. The zero-order chi connectivity index (χ0) is 11.1. The van der Waals surface area contributed by atoms with E-state index in [1.54, 1.807) is 0 Å². The Balaban J connectivity index is 2.56. The van der Waals surface area contributed by atoms with E-state index in [-0.39, 0.29) is 0 Å². The smallest absolute Gasteiger partial charge is 0.125 e. The van der Waals surface area contributed by atoms with Gasteiger partial charge in [0, 0.05) is 24.4 Å². The van der Waals surface area contributed by atoms with Crippen molar-refractivity contribution in [3.63, 3.8) is 0 Å². The minimum absolute atomic E-state index is 0.550. The van der Waals surface area contributed by atoms with Gasteiger partial charge < -0.3 is 5.32 Å². The molecule has 1 unspecified atom stereocenters. The number of hydrogen-bond acceptors (Lipinski definition) is 3. The molecule has 1 aromatic rings. The van der Waals surface area contributed by atoms with Crippen LogP contribution in [0.3, 0.4) is 0 Å². The summed E-state index contributed by atoms with van der Waals surface area (Å²) >= 11 is 0. The highest BCUT2D eigenvalue weighted by Crippen LogP contribution is 2.05. The topological polar surface area (TPSA) is 37.8 Å². The van der Waals surface area contributed by atoms with Crippen molar-refractivity contribution < 1.29 is 0 Å². The van der Waals surface area contributed by atoms with Gasteiger partial charge in [0.15, 0.2) is 0 Å². The molecule has 3 nitrogen and oxygen atoms in total. The van der Waals surface area contributed by atoms with Gasteiger partial charge in [0.1, 0.15) is 5.82 Å². The maximum atomic E-state index is 4.43. The quantitative estimate of drug-likeness (QED) is 0.776. The molecule has 0 spiro atoms. The van der Waals surface area contributed by atoms with Crippen LogP contribution >= 0.6 is 0 Å². The van der Waals surface area contributed by atoms with E-state index in [0.29, 0.717) is 6.04 Å². The van der Waals surface area contributed by atoms with Crippen molar-refractivity contribution in [1.82, 2.24) is 15.3 Å². The fourth-order valence-electron chi connectivity index (χ4n) is 1.78. The third-order valence-electron chi connectivity index (χ3n) is 2.42. The molecule has 1 aromatic heterocycles. The largest absolute Gasteiger partial charge is 0.314 e. The molecule has 1 rings (SSSR count). The van der Waals surface area contributed by atoms with Gasteiger partial charge in [0.2, 0.25) is 0 Å². The molecule has 1 heterocycles. The Hall–Kier alpha value is -0.960. The van der Waals surface area contributed by atoms with Crippen molar-refractivity contribution in [2.45, 2.75) is 46.1 Å². The second kappa shape index (κ2) is 6.51. The predicted octanol–water partition coefficient (Wildman–Crippen LogP) is 2.11. The lowest BCUT2D eigenvalue weighted by atomic mass is 10.1. The van der Waals surface area contributed by atoms with Crippen molar-refractivity contribution >= 4 is 0 Å². The van der Waals surface area contributed by atoms with E-state index < -0.39 is 0 Å². The monoisotopic (exact) mass is 207 g/mol. The molecule has 0 amide bonds. The van der Waals surface area contributed by atoms with Crippen LogP contribution in [0.15, 0.2) is 12.3 Å². The third-order valence-corrected chi connectivity index (χ3v) is 2.42.